The lowest BCUT2D eigenvalue weighted by Gasteiger charge is -2.16. The SMILES string of the molecule is CCCC1CCCC(NCCCCCCO)CC1. The minimum atomic E-state index is 0.356. The lowest BCUT2D eigenvalue weighted by Crippen LogP contribution is -2.29. The van der Waals surface area contributed by atoms with E-state index in [9.17, 15) is 0 Å². The number of hydrogen-bond acceptors (Lipinski definition) is 2. The van der Waals surface area contributed by atoms with E-state index in [-0.39, 0.29) is 0 Å². The number of unbranched alkanes of at least 4 members (excludes halogenated alkanes) is 3. The molecule has 18 heavy (non-hydrogen) atoms. The van der Waals surface area contributed by atoms with E-state index in [4.69, 9.17) is 5.11 Å². The first-order valence-electron chi connectivity index (χ1n) is 8.21. The number of aliphatic hydroxyl groups is 1. The maximum absolute atomic E-state index is 8.71. The van der Waals surface area contributed by atoms with Gasteiger partial charge in [0, 0.05) is 12.6 Å². The summed E-state index contributed by atoms with van der Waals surface area (Å²) in [6.45, 7) is 3.84. The largest absolute Gasteiger partial charge is 0.396 e. The van der Waals surface area contributed by atoms with Crippen molar-refractivity contribution in [1.82, 2.24) is 5.32 Å². The molecule has 0 saturated heterocycles. The van der Waals surface area contributed by atoms with Crippen molar-refractivity contribution in [2.45, 2.75) is 83.6 Å². The van der Waals surface area contributed by atoms with Crippen LogP contribution in [-0.2, 0) is 0 Å². The van der Waals surface area contributed by atoms with Crippen LogP contribution in [-0.4, -0.2) is 24.3 Å². The van der Waals surface area contributed by atoms with Gasteiger partial charge in [-0.1, -0.05) is 45.4 Å². The van der Waals surface area contributed by atoms with Gasteiger partial charge in [-0.2, -0.15) is 0 Å². The Kier molecular flexibility index (Phi) is 9.59. The smallest absolute Gasteiger partial charge is 0.0431 e. The molecule has 0 aromatic rings. The summed E-state index contributed by atoms with van der Waals surface area (Å²) >= 11 is 0. The Balaban J connectivity index is 2.01. The van der Waals surface area contributed by atoms with E-state index in [1.807, 2.05) is 0 Å². The molecule has 2 N–H and O–H groups in total. The molecule has 2 heteroatoms. The molecule has 0 bridgehead atoms. The fourth-order valence-corrected chi connectivity index (χ4v) is 3.18. The highest BCUT2D eigenvalue weighted by Crippen LogP contribution is 2.26. The van der Waals surface area contributed by atoms with Gasteiger partial charge < -0.3 is 10.4 Å². The van der Waals surface area contributed by atoms with Gasteiger partial charge in [-0.25, -0.2) is 0 Å². The predicted octanol–water partition coefficient (Wildman–Crippen LogP) is 3.88. The van der Waals surface area contributed by atoms with Crippen molar-refractivity contribution in [3.8, 4) is 0 Å². The van der Waals surface area contributed by atoms with Crippen molar-refractivity contribution >= 4 is 0 Å². The van der Waals surface area contributed by atoms with E-state index in [1.54, 1.807) is 0 Å². The maximum Gasteiger partial charge on any atom is 0.0431 e. The number of hydrogen-bond donors (Lipinski definition) is 2. The molecular weight excluding hydrogens is 222 g/mol. The van der Waals surface area contributed by atoms with Crippen LogP contribution >= 0.6 is 0 Å². The molecule has 1 aliphatic carbocycles. The fourth-order valence-electron chi connectivity index (χ4n) is 3.18. The topological polar surface area (TPSA) is 32.3 Å². The number of rotatable bonds is 9. The van der Waals surface area contributed by atoms with Crippen LogP contribution in [0, 0.1) is 5.92 Å². The highest BCUT2D eigenvalue weighted by Gasteiger charge is 2.17. The Morgan fingerprint density at radius 1 is 1.00 bits per heavy atom. The fraction of sp³-hybridized carbons (Fsp3) is 1.00. The molecular formula is C16H33NO. The van der Waals surface area contributed by atoms with Crippen LogP contribution in [0.5, 0.6) is 0 Å². The summed E-state index contributed by atoms with van der Waals surface area (Å²) < 4.78 is 0. The summed E-state index contributed by atoms with van der Waals surface area (Å²) in [5, 5.41) is 12.4. The van der Waals surface area contributed by atoms with E-state index in [2.05, 4.69) is 12.2 Å². The summed E-state index contributed by atoms with van der Waals surface area (Å²) in [5.41, 5.74) is 0. The maximum atomic E-state index is 8.71. The van der Waals surface area contributed by atoms with Crippen molar-refractivity contribution in [1.29, 1.82) is 0 Å². The van der Waals surface area contributed by atoms with Crippen molar-refractivity contribution in [2.24, 2.45) is 5.92 Å². The van der Waals surface area contributed by atoms with Gasteiger partial charge in [0.05, 0.1) is 0 Å². The number of nitrogens with one attached hydrogen (secondary N) is 1. The van der Waals surface area contributed by atoms with Crippen LogP contribution in [0.1, 0.15) is 77.6 Å². The molecule has 1 aliphatic rings. The highest BCUT2D eigenvalue weighted by atomic mass is 16.2. The molecule has 0 spiro atoms. The molecule has 0 aromatic carbocycles. The molecule has 0 aliphatic heterocycles. The van der Waals surface area contributed by atoms with Gasteiger partial charge in [0.2, 0.25) is 0 Å². The van der Waals surface area contributed by atoms with Crippen molar-refractivity contribution in [2.75, 3.05) is 13.2 Å². The molecule has 1 rings (SSSR count). The van der Waals surface area contributed by atoms with E-state index < -0.39 is 0 Å². The average Bonchev–Trinajstić information content (AvgIpc) is 2.60. The quantitative estimate of drug-likeness (QED) is 0.484. The predicted molar refractivity (Wildman–Crippen MR) is 78.8 cm³/mol. The average molecular weight is 255 g/mol. The van der Waals surface area contributed by atoms with Gasteiger partial charge in [0.1, 0.15) is 0 Å². The molecule has 2 nitrogen and oxygen atoms in total. The number of aliphatic hydroxyl groups excluding tert-OH is 1. The van der Waals surface area contributed by atoms with Gasteiger partial charge in [-0.15, -0.1) is 0 Å². The first-order chi connectivity index (χ1) is 8.86. The van der Waals surface area contributed by atoms with Gasteiger partial charge in [-0.05, 0) is 44.6 Å². The third kappa shape index (κ3) is 7.38. The molecule has 1 fully saturated rings. The first kappa shape index (κ1) is 16.0. The monoisotopic (exact) mass is 255 g/mol. The molecule has 0 amide bonds. The van der Waals surface area contributed by atoms with Gasteiger partial charge in [-0.3, -0.25) is 0 Å². The normalized spacial score (nSPS) is 25.0. The Hall–Kier alpha value is -0.0800. The molecule has 0 heterocycles. The van der Waals surface area contributed by atoms with Crippen molar-refractivity contribution in [3.05, 3.63) is 0 Å². The summed E-state index contributed by atoms with van der Waals surface area (Å²) in [6.07, 6.45) is 14.6. The zero-order valence-corrected chi connectivity index (χ0v) is 12.3. The Morgan fingerprint density at radius 2 is 1.83 bits per heavy atom. The van der Waals surface area contributed by atoms with Crippen LogP contribution in [0.3, 0.4) is 0 Å². The minimum absolute atomic E-state index is 0.356. The second-order valence-electron chi connectivity index (χ2n) is 5.95. The summed E-state index contributed by atoms with van der Waals surface area (Å²) in [6, 6.07) is 0.782. The van der Waals surface area contributed by atoms with Crippen LogP contribution in [0.25, 0.3) is 0 Å². The molecule has 2 atom stereocenters. The van der Waals surface area contributed by atoms with Crippen LogP contribution in [0.2, 0.25) is 0 Å². The minimum Gasteiger partial charge on any atom is -0.396 e. The highest BCUT2D eigenvalue weighted by molar-refractivity contribution is 4.74. The second kappa shape index (κ2) is 10.8. The summed E-state index contributed by atoms with van der Waals surface area (Å²) in [5.74, 6) is 1.01. The Labute approximate surface area is 114 Å². The van der Waals surface area contributed by atoms with Crippen LogP contribution in [0.4, 0.5) is 0 Å². The molecule has 2 unspecified atom stereocenters. The zero-order chi connectivity index (χ0) is 13.1. The first-order valence-corrected chi connectivity index (χ1v) is 8.21. The summed E-state index contributed by atoms with van der Waals surface area (Å²) in [4.78, 5) is 0. The molecule has 1 saturated carbocycles. The Bertz CT molecular complexity index is 184. The lowest BCUT2D eigenvalue weighted by atomic mass is 9.95. The lowest BCUT2D eigenvalue weighted by molar-refractivity contribution is 0.282. The van der Waals surface area contributed by atoms with Gasteiger partial charge >= 0.3 is 0 Å². The van der Waals surface area contributed by atoms with Crippen LogP contribution < -0.4 is 5.32 Å². The Morgan fingerprint density at radius 3 is 2.61 bits per heavy atom. The van der Waals surface area contributed by atoms with E-state index in [0.717, 1.165) is 18.4 Å². The molecule has 108 valence electrons. The van der Waals surface area contributed by atoms with E-state index in [0.29, 0.717) is 6.61 Å². The van der Waals surface area contributed by atoms with Crippen LogP contribution in [0.15, 0.2) is 0 Å². The van der Waals surface area contributed by atoms with E-state index in [1.165, 1.54) is 70.8 Å². The van der Waals surface area contributed by atoms with Crippen molar-refractivity contribution < 1.29 is 5.11 Å². The third-order valence-electron chi connectivity index (χ3n) is 4.30. The second-order valence-corrected chi connectivity index (χ2v) is 5.95. The van der Waals surface area contributed by atoms with Gasteiger partial charge in [0.15, 0.2) is 0 Å². The standard InChI is InChI=1S/C16H33NO/c1-2-8-15-9-7-10-16(12-11-15)17-13-5-3-4-6-14-18/h15-18H,2-14H2,1H3. The third-order valence-corrected chi connectivity index (χ3v) is 4.30. The summed E-state index contributed by atoms with van der Waals surface area (Å²) in [7, 11) is 0. The molecule has 0 aromatic heterocycles. The zero-order valence-electron chi connectivity index (χ0n) is 12.3. The van der Waals surface area contributed by atoms with Gasteiger partial charge in [0.25, 0.3) is 0 Å². The van der Waals surface area contributed by atoms with E-state index >= 15 is 0 Å². The molecule has 0 radical (unpaired) electrons. The van der Waals surface area contributed by atoms with Crippen molar-refractivity contribution in [3.63, 3.8) is 0 Å².